The summed E-state index contributed by atoms with van der Waals surface area (Å²) in [5.74, 6) is 0.802. The molecule has 1 N–H and O–H groups in total. The van der Waals surface area contributed by atoms with Gasteiger partial charge in [0.15, 0.2) is 0 Å². The first-order valence-electron chi connectivity index (χ1n) is 5.10. The Labute approximate surface area is 94.4 Å². The molecule has 2 aromatic rings. The Hall–Kier alpha value is -2.04. The Kier molecular flexibility index (Phi) is 2.76. The molecular formula is C11H15N5. The lowest BCUT2D eigenvalue weighted by Crippen LogP contribution is -2.02. The van der Waals surface area contributed by atoms with Gasteiger partial charge in [0.05, 0.1) is 11.4 Å². The van der Waals surface area contributed by atoms with Gasteiger partial charge < -0.3 is 9.88 Å². The molecule has 0 unspecified atom stereocenters. The summed E-state index contributed by atoms with van der Waals surface area (Å²) in [6.45, 7) is 6.41. The SMILES string of the molecule is C=CCn1ccnc1Nc1cn(C)nc1C. The van der Waals surface area contributed by atoms with Gasteiger partial charge in [-0.2, -0.15) is 5.10 Å². The van der Waals surface area contributed by atoms with E-state index in [2.05, 4.69) is 22.0 Å². The maximum atomic E-state index is 4.26. The van der Waals surface area contributed by atoms with Crippen LogP contribution in [-0.4, -0.2) is 19.3 Å². The van der Waals surface area contributed by atoms with Gasteiger partial charge in [-0.1, -0.05) is 6.08 Å². The second kappa shape index (κ2) is 4.22. The quantitative estimate of drug-likeness (QED) is 0.795. The van der Waals surface area contributed by atoms with Gasteiger partial charge in [-0.3, -0.25) is 4.68 Å². The summed E-state index contributed by atoms with van der Waals surface area (Å²) in [4.78, 5) is 4.25. The summed E-state index contributed by atoms with van der Waals surface area (Å²) in [5, 5.41) is 7.51. The number of aryl methyl sites for hydroxylation is 2. The van der Waals surface area contributed by atoms with Gasteiger partial charge in [-0.15, -0.1) is 6.58 Å². The molecule has 0 fully saturated rings. The van der Waals surface area contributed by atoms with Gasteiger partial charge >= 0.3 is 0 Å². The molecule has 84 valence electrons. The molecule has 0 saturated heterocycles. The molecule has 2 heterocycles. The van der Waals surface area contributed by atoms with Crippen LogP contribution in [0, 0.1) is 6.92 Å². The normalized spacial score (nSPS) is 10.4. The molecule has 0 aromatic carbocycles. The van der Waals surface area contributed by atoms with E-state index < -0.39 is 0 Å². The van der Waals surface area contributed by atoms with Crippen molar-refractivity contribution in [3.8, 4) is 0 Å². The standard InChI is InChI=1S/C11H15N5/c1-4-6-16-7-5-12-11(16)13-10-8-15(3)14-9(10)2/h4-5,7-8H,1,6H2,2-3H3,(H,12,13). The van der Waals surface area contributed by atoms with E-state index in [1.165, 1.54) is 0 Å². The van der Waals surface area contributed by atoms with Gasteiger partial charge in [0, 0.05) is 32.2 Å². The number of hydrogen-bond donors (Lipinski definition) is 1. The zero-order chi connectivity index (χ0) is 11.5. The zero-order valence-corrected chi connectivity index (χ0v) is 9.51. The first-order chi connectivity index (χ1) is 7.70. The summed E-state index contributed by atoms with van der Waals surface area (Å²) >= 11 is 0. The van der Waals surface area contributed by atoms with Gasteiger partial charge in [-0.25, -0.2) is 4.98 Å². The Morgan fingerprint density at radius 2 is 2.38 bits per heavy atom. The van der Waals surface area contributed by atoms with E-state index in [-0.39, 0.29) is 0 Å². The van der Waals surface area contributed by atoms with E-state index in [9.17, 15) is 0 Å². The van der Waals surface area contributed by atoms with Crippen molar-refractivity contribution in [2.45, 2.75) is 13.5 Å². The maximum Gasteiger partial charge on any atom is 0.207 e. The van der Waals surface area contributed by atoms with Gasteiger partial charge in [0.25, 0.3) is 0 Å². The fourth-order valence-corrected chi connectivity index (χ4v) is 1.56. The molecule has 5 nitrogen and oxygen atoms in total. The molecule has 0 amide bonds. The number of anilines is 2. The largest absolute Gasteiger partial charge is 0.323 e. The van der Waals surface area contributed by atoms with Crippen molar-refractivity contribution in [1.82, 2.24) is 19.3 Å². The summed E-state index contributed by atoms with van der Waals surface area (Å²) in [6, 6.07) is 0. The molecule has 2 rings (SSSR count). The van der Waals surface area contributed by atoms with E-state index in [0.717, 1.165) is 23.9 Å². The molecule has 2 aromatic heterocycles. The lowest BCUT2D eigenvalue weighted by atomic mass is 10.4. The maximum absolute atomic E-state index is 4.26. The van der Waals surface area contributed by atoms with Crippen molar-refractivity contribution >= 4 is 11.6 Å². The van der Waals surface area contributed by atoms with E-state index in [4.69, 9.17) is 0 Å². The first kappa shape index (κ1) is 10.5. The highest BCUT2D eigenvalue weighted by Crippen LogP contribution is 2.17. The third-order valence-electron chi connectivity index (χ3n) is 2.30. The minimum atomic E-state index is 0.738. The highest BCUT2D eigenvalue weighted by Gasteiger charge is 2.06. The van der Waals surface area contributed by atoms with E-state index >= 15 is 0 Å². The molecule has 0 spiro atoms. The van der Waals surface area contributed by atoms with E-state index in [1.807, 2.05) is 37.0 Å². The second-order valence-electron chi connectivity index (χ2n) is 3.62. The topological polar surface area (TPSA) is 47.7 Å². The number of aromatic nitrogens is 4. The van der Waals surface area contributed by atoms with Gasteiger partial charge in [0.1, 0.15) is 0 Å². The third kappa shape index (κ3) is 1.98. The van der Waals surface area contributed by atoms with E-state index in [1.54, 1.807) is 10.9 Å². The summed E-state index contributed by atoms with van der Waals surface area (Å²) < 4.78 is 3.76. The smallest absolute Gasteiger partial charge is 0.207 e. The summed E-state index contributed by atoms with van der Waals surface area (Å²) in [5.41, 5.74) is 1.93. The Balaban J connectivity index is 2.23. The predicted molar refractivity (Wildman–Crippen MR) is 63.7 cm³/mol. The van der Waals surface area contributed by atoms with Crippen molar-refractivity contribution < 1.29 is 0 Å². The Morgan fingerprint density at radius 1 is 1.56 bits per heavy atom. The fourth-order valence-electron chi connectivity index (χ4n) is 1.56. The van der Waals surface area contributed by atoms with Crippen molar-refractivity contribution in [3.63, 3.8) is 0 Å². The molecule has 0 aliphatic rings. The minimum Gasteiger partial charge on any atom is -0.323 e. The number of rotatable bonds is 4. The average molecular weight is 217 g/mol. The van der Waals surface area contributed by atoms with Crippen LogP contribution in [0.5, 0.6) is 0 Å². The van der Waals surface area contributed by atoms with Crippen LogP contribution in [0.15, 0.2) is 31.2 Å². The molecule has 0 bridgehead atoms. The summed E-state index contributed by atoms with van der Waals surface area (Å²) in [7, 11) is 1.90. The molecule has 0 atom stereocenters. The van der Waals surface area contributed by atoms with Crippen LogP contribution >= 0.6 is 0 Å². The van der Waals surface area contributed by atoms with Crippen molar-refractivity contribution in [2.75, 3.05) is 5.32 Å². The molecule has 0 aliphatic heterocycles. The highest BCUT2D eigenvalue weighted by molar-refractivity contribution is 5.55. The zero-order valence-electron chi connectivity index (χ0n) is 9.51. The molecular weight excluding hydrogens is 202 g/mol. The van der Waals surface area contributed by atoms with Crippen molar-refractivity contribution in [3.05, 3.63) is 36.9 Å². The summed E-state index contributed by atoms with van der Waals surface area (Å²) in [6.07, 6.45) is 7.44. The number of hydrogen-bond acceptors (Lipinski definition) is 3. The molecule has 0 saturated carbocycles. The van der Waals surface area contributed by atoms with Gasteiger partial charge in [0.2, 0.25) is 5.95 Å². The van der Waals surface area contributed by atoms with Crippen molar-refractivity contribution in [2.24, 2.45) is 7.05 Å². The molecule has 16 heavy (non-hydrogen) atoms. The Morgan fingerprint density at radius 3 is 3.00 bits per heavy atom. The van der Waals surface area contributed by atoms with Crippen LogP contribution < -0.4 is 5.32 Å². The van der Waals surface area contributed by atoms with Crippen LogP contribution in [0.1, 0.15) is 5.69 Å². The van der Waals surface area contributed by atoms with E-state index in [0.29, 0.717) is 0 Å². The molecule has 0 aliphatic carbocycles. The van der Waals surface area contributed by atoms with Crippen LogP contribution in [0.4, 0.5) is 11.6 Å². The van der Waals surface area contributed by atoms with Crippen molar-refractivity contribution in [1.29, 1.82) is 0 Å². The number of imidazole rings is 1. The molecule has 0 radical (unpaired) electrons. The average Bonchev–Trinajstić information content (AvgIpc) is 2.77. The first-order valence-corrected chi connectivity index (χ1v) is 5.10. The minimum absolute atomic E-state index is 0.738. The molecule has 5 heteroatoms. The monoisotopic (exact) mass is 217 g/mol. The lowest BCUT2D eigenvalue weighted by Gasteiger charge is -2.06. The van der Waals surface area contributed by atoms with Gasteiger partial charge in [-0.05, 0) is 6.92 Å². The van der Waals surface area contributed by atoms with Crippen LogP contribution in [0.3, 0.4) is 0 Å². The number of allylic oxidation sites excluding steroid dienone is 1. The highest BCUT2D eigenvalue weighted by atomic mass is 15.3. The number of nitrogens with zero attached hydrogens (tertiary/aromatic N) is 4. The lowest BCUT2D eigenvalue weighted by molar-refractivity contribution is 0.756. The number of nitrogens with one attached hydrogen (secondary N) is 1. The fraction of sp³-hybridized carbons (Fsp3) is 0.273. The van der Waals surface area contributed by atoms with Crippen LogP contribution in [0.25, 0.3) is 0 Å². The Bertz CT molecular complexity index is 494. The van der Waals surface area contributed by atoms with Crippen LogP contribution in [-0.2, 0) is 13.6 Å². The second-order valence-corrected chi connectivity index (χ2v) is 3.62. The predicted octanol–water partition coefficient (Wildman–Crippen LogP) is 1.85. The van der Waals surface area contributed by atoms with Crippen LogP contribution in [0.2, 0.25) is 0 Å². The third-order valence-corrected chi connectivity index (χ3v) is 2.30.